The molecule has 0 aliphatic carbocycles. The third-order valence-corrected chi connectivity index (χ3v) is 4.82. The molecule has 0 atom stereocenters. The van der Waals surface area contributed by atoms with Gasteiger partial charge < -0.3 is 9.15 Å². The number of ether oxygens (including phenoxy) is 1. The van der Waals surface area contributed by atoms with Crippen molar-refractivity contribution in [3.05, 3.63) is 64.5 Å². The van der Waals surface area contributed by atoms with Crippen LogP contribution in [0.5, 0.6) is 0 Å². The Morgan fingerprint density at radius 3 is 2.35 bits per heavy atom. The van der Waals surface area contributed by atoms with Crippen molar-refractivity contribution in [2.75, 3.05) is 5.75 Å². The van der Waals surface area contributed by atoms with Gasteiger partial charge in [0.1, 0.15) is 0 Å². The van der Waals surface area contributed by atoms with Gasteiger partial charge >= 0.3 is 5.97 Å². The normalized spacial score (nSPS) is 10.7. The Bertz CT molecular complexity index is 867. The molecule has 8 heteroatoms. The van der Waals surface area contributed by atoms with E-state index in [0.717, 1.165) is 10.5 Å². The fourth-order valence-corrected chi connectivity index (χ4v) is 3.10. The number of halogens is 2. The number of benzene rings is 2. The maximum atomic E-state index is 11.8. The van der Waals surface area contributed by atoms with Crippen LogP contribution in [0, 0.1) is 0 Å². The zero-order chi connectivity index (χ0) is 18.4. The highest BCUT2D eigenvalue weighted by Gasteiger charge is 2.11. The molecular weight excluding hydrogens is 395 g/mol. The first-order valence-electron chi connectivity index (χ1n) is 7.72. The molecule has 0 aliphatic heterocycles. The standard InChI is InChI=1S/C18H14Cl2N2O3S/c19-13-3-1-12(2-4-13)18-22-21-16(25-18)11-24-17(23)9-10-26-15-7-5-14(20)6-8-15/h1-8H,9-11H2. The van der Waals surface area contributed by atoms with E-state index in [2.05, 4.69) is 10.2 Å². The van der Waals surface area contributed by atoms with Crippen LogP contribution in [0.1, 0.15) is 12.3 Å². The predicted octanol–water partition coefficient (Wildman–Crippen LogP) is 5.27. The van der Waals surface area contributed by atoms with Gasteiger partial charge in [-0.3, -0.25) is 4.79 Å². The number of esters is 1. The van der Waals surface area contributed by atoms with Crippen LogP contribution >= 0.6 is 35.0 Å². The molecule has 1 heterocycles. The zero-order valence-corrected chi connectivity index (χ0v) is 15.9. The molecule has 5 nitrogen and oxygen atoms in total. The molecular formula is C18H14Cl2N2O3S. The van der Waals surface area contributed by atoms with Crippen molar-refractivity contribution in [3.8, 4) is 11.5 Å². The van der Waals surface area contributed by atoms with Crippen molar-refractivity contribution in [3.63, 3.8) is 0 Å². The Hall–Kier alpha value is -2.02. The molecule has 0 radical (unpaired) electrons. The average molecular weight is 409 g/mol. The van der Waals surface area contributed by atoms with Crippen LogP contribution in [0.25, 0.3) is 11.5 Å². The molecule has 26 heavy (non-hydrogen) atoms. The van der Waals surface area contributed by atoms with E-state index >= 15 is 0 Å². The van der Waals surface area contributed by atoms with Crippen molar-refractivity contribution in [1.82, 2.24) is 10.2 Å². The number of hydrogen-bond acceptors (Lipinski definition) is 6. The molecule has 0 saturated heterocycles. The number of hydrogen-bond donors (Lipinski definition) is 0. The number of carbonyl (C=O) groups is 1. The first-order valence-corrected chi connectivity index (χ1v) is 9.46. The topological polar surface area (TPSA) is 65.2 Å². The number of thioether (sulfide) groups is 1. The maximum absolute atomic E-state index is 11.8. The highest BCUT2D eigenvalue weighted by atomic mass is 35.5. The van der Waals surface area contributed by atoms with Crippen LogP contribution in [0.4, 0.5) is 0 Å². The van der Waals surface area contributed by atoms with E-state index in [4.69, 9.17) is 32.4 Å². The highest BCUT2D eigenvalue weighted by molar-refractivity contribution is 7.99. The molecule has 3 aromatic rings. The molecule has 1 aromatic heterocycles. The lowest BCUT2D eigenvalue weighted by molar-refractivity contribution is -0.145. The highest BCUT2D eigenvalue weighted by Crippen LogP contribution is 2.22. The SMILES string of the molecule is O=C(CCSc1ccc(Cl)cc1)OCc1nnc(-c2ccc(Cl)cc2)o1. The lowest BCUT2D eigenvalue weighted by Crippen LogP contribution is -2.05. The largest absolute Gasteiger partial charge is 0.456 e. The molecule has 0 saturated carbocycles. The van der Waals surface area contributed by atoms with Gasteiger partial charge in [-0.25, -0.2) is 0 Å². The Morgan fingerprint density at radius 2 is 1.65 bits per heavy atom. The van der Waals surface area contributed by atoms with E-state index < -0.39 is 0 Å². The second kappa shape index (κ2) is 9.07. The molecule has 0 bridgehead atoms. The number of carbonyl (C=O) groups excluding carboxylic acids is 1. The van der Waals surface area contributed by atoms with Crippen molar-refractivity contribution in [2.24, 2.45) is 0 Å². The molecule has 134 valence electrons. The Labute approximate surface area is 164 Å². The van der Waals surface area contributed by atoms with Gasteiger partial charge in [-0.15, -0.1) is 22.0 Å². The third-order valence-electron chi connectivity index (χ3n) is 3.30. The molecule has 2 aromatic carbocycles. The molecule has 3 rings (SSSR count). The monoisotopic (exact) mass is 408 g/mol. The second-order valence-corrected chi connectivity index (χ2v) is 7.26. The first kappa shape index (κ1) is 18.8. The van der Waals surface area contributed by atoms with Crippen molar-refractivity contribution < 1.29 is 13.9 Å². The fraction of sp³-hybridized carbons (Fsp3) is 0.167. The lowest BCUT2D eigenvalue weighted by atomic mass is 10.2. The third kappa shape index (κ3) is 5.49. The Kier molecular flexibility index (Phi) is 6.55. The van der Waals surface area contributed by atoms with Crippen LogP contribution in [-0.2, 0) is 16.1 Å². The van der Waals surface area contributed by atoms with Crippen molar-refractivity contribution in [2.45, 2.75) is 17.9 Å². The van der Waals surface area contributed by atoms with Gasteiger partial charge in [0.2, 0.25) is 5.89 Å². The summed E-state index contributed by atoms with van der Waals surface area (Å²) >= 11 is 13.2. The predicted molar refractivity (Wildman–Crippen MR) is 101 cm³/mol. The minimum Gasteiger partial charge on any atom is -0.456 e. The number of rotatable bonds is 7. The molecule has 0 amide bonds. The van der Waals surface area contributed by atoms with Crippen LogP contribution in [0.15, 0.2) is 57.8 Å². The van der Waals surface area contributed by atoms with E-state index in [0.29, 0.717) is 21.7 Å². The molecule has 0 spiro atoms. The summed E-state index contributed by atoms with van der Waals surface area (Å²) in [7, 11) is 0. The van der Waals surface area contributed by atoms with Crippen molar-refractivity contribution >= 4 is 40.9 Å². The van der Waals surface area contributed by atoms with Crippen molar-refractivity contribution in [1.29, 1.82) is 0 Å². The summed E-state index contributed by atoms with van der Waals surface area (Å²) in [4.78, 5) is 12.9. The second-order valence-electron chi connectivity index (χ2n) is 5.22. The molecule has 0 fully saturated rings. The van der Waals surface area contributed by atoms with E-state index in [1.807, 2.05) is 24.3 Å². The quantitative estimate of drug-likeness (QED) is 0.391. The Balaban J connectivity index is 1.43. The zero-order valence-electron chi connectivity index (χ0n) is 13.5. The summed E-state index contributed by atoms with van der Waals surface area (Å²) in [5.74, 6) is 0.887. The smallest absolute Gasteiger partial charge is 0.307 e. The lowest BCUT2D eigenvalue weighted by Gasteiger charge is -2.03. The summed E-state index contributed by atoms with van der Waals surface area (Å²) in [5.41, 5.74) is 0.749. The van der Waals surface area contributed by atoms with Gasteiger partial charge in [0.25, 0.3) is 5.89 Å². The summed E-state index contributed by atoms with van der Waals surface area (Å²) < 4.78 is 10.6. The molecule has 0 N–H and O–H groups in total. The van der Waals surface area contributed by atoms with E-state index in [1.54, 1.807) is 36.0 Å². The summed E-state index contributed by atoms with van der Waals surface area (Å²) in [6, 6.07) is 14.5. The van der Waals surface area contributed by atoms with Crippen LogP contribution in [0.3, 0.4) is 0 Å². The van der Waals surface area contributed by atoms with E-state index in [1.165, 1.54) is 0 Å². The molecule has 0 unspecified atom stereocenters. The fourth-order valence-electron chi connectivity index (χ4n) is 2.02. The van der Waals surface area contributed by atoms with Gasteiger partial charge in [-0.2, -0.15) is 0 Å². The van der Waals surface area contributed by atoms with E-state index in [9.17, 15) is 4.79 Å². The van der Waals surface area contributed by atoms with Crippen LogP contribution in [0.2, 0.25) is 10.0 Å². The number of nitrogens with zero attached hydrogens (tertiary/aromatic N) is 2. The summed E-state index contributed by atoms with van der Waals surface area (Å²) in [6.07, 6.45) is 0.283. The van der Waals surface area contributed by atoms with Gasteiger partial charge in [0.05, 0.1) is 6.42 Å². The van der Waals surface area contributed by atoms with Crippen LogP contribution < -0.4 is 0 Å². The van der Waals surface area contributed by atoms with Gasteiger partial charge in [0.15, 0.2) is 6.61 Å². The van der Waals surface area contributed by atoms with Gasteiger partial charge in [0, 0.05) is 26.3 Å². The summed E-state index contributed by atoms with van der Waals surface area (Å²) in [5, 5.41) is 9.13. The maximum Gasteiger partial charge on any atom is 0.307 e. The van der Waals surface area contributed by atoms with E-state index in [-0.39, 0.29) is 24.9 Å². The average Bonchev–Trinajstić information content (AvgIpc) is 3.11. The minimum atomic E-state index is -0.322. The first-order chi connectivity index (χ1) is 12.6. The number of aromatic nitrogens is 2. The minimum absolute atomic E-state index is 0.0506. The van der Waals surface area contributed by atoms with Gasteiger partial charge in [-0.1, -0.05) is 23.2 Å². The molecule has 0 aliphatic rings. The van der Waals surface area contributed by atoms with Crippen LogP contribution in [-0.4, -0.2) is 21.9 Å². The summed E-state index contributed by atoms with van der Waals surface area (Å²) in [6.45, 7) is -0.0506. The Morgan fingerprint density at radius 1 is 1.00 bits per heavy atom. The van der Waals surface area contributed by atoms with Gasteiger partial charge in [-0.05, 0) is 48.5 Å².